The number of aryl methyl sites for hydroxylation is 2. The van der Waals surface area contributed by atoms with E-state index in [1.165, 1.54) is 18.5 Å². The van der Waals surface area contributed by atoms with Crippen molar-refractivity contribution in [1.29, 1.82) is 0 Å². The molecule has 1 aromatic heterocycles. The van der Waals surface area contributed by atoms with Crippen molar-refractivity contribution in [2.24, 2.45) is 24.1 Å². The van der Waals surface area contributed by atoms with Gasteiger partial charge in [0.25, 0.3) is 0 Å². The van der Waals surface area contributed by atoms with Crippen LogP contribution < -0.4 is 5.73 Å². The fourth-order valence-electron chi connectivity index (χ4n) is 3.41. The Bertz CT molecular complexity index is 438. The summed E-state index contributed by atoms with van der Waals surface area (Å²) >= 11 is 0. The highest BCUT2D eigenvalue weighted by molar-refractivity contribution is 5.14. The van der Waals surface area contributed by atoms with Gasteiger partial charge in [0.1, 0.15) is 0 Å². The van der Waals surface area contributed by atoms with Crippen molar-refractivity contribution in [2.75, 3.05) is 13.2 Å². The Morgan fingerprint density at radius 3 is 2.89 bits per heavy atom. The predicted molar refractivity (Wildman–Crippen MR) is 70.2 cm³/mol. The van der Waals surface area contributed by atoms with Crippen molar-refractivity contribution >= 4 is 0 Å². The van der Waals surface area contributed by atoms with Gasteiger partial charge in [-0.25, -0.2) is 0 Å². The van der Waals surface area contributed by atoms with E-state index in [1.807, 2.05) is 18.7 Å². The molecule has 4 heteroatoms. The van der Waals surface area contributed by atoms with Crippen LogP contribution in [0.15, 0.2) is 6.07 Å². The van der Waals surface area contributed by atoms with E-state index < -0.39 is 0 Å². The van der Waals surface area contributed by atoms with Crippen molar-refractivity contribution in [3.8, 4) is 0 Å². The molecule has 2 fully saturated rings. The van der Waals surface area contributed by atoms with Crippen molar-refractivity contribution in [3.05, 3.63) is 17.5 Å². The third kappa shape index (κ3) is 1.97. The van der Waals surface area contributed by atoms with Gasteiger partial charge in [0, 0.05) is 31.3 Å². The van der Waals surface area contributed by atoms with Crippen LogP contribution in [-0.4, -0.2) is 29.0 Å². The maximum atomic E-state index is 6.12. The fourth-order valence-corrected chi connectivity index (χ4v) is 3.41. The molecule has 4 nitrogen and oxygen atoms in total. The molecule has 100 valence electrons. The summed E-state index contributed by atoms with van der Waals surface area (Å²) < 4.78 is 7.99. The smallest absolute Gasteiger partial charge is 0.0676 e. The SMILES string of the molecule is Cc1cc(CC2(CN)CCOC2C2CC2)n(C)n1. The predicted octanol–water partition coefficient (Wildman–Crippen LogP) is 1.42. The van der Waals surface area contributed by atoms with Crippen LogP contribution in [0.5, 0.6) is 0 Å². The summed E-state index contributed by atoms with van der Waals surface area (Å²) in [6.07, 6.45) is 5.10. The van der Waals surface area contributed by atoms with Crippen molar-refractivity contribution in [2.45, 2.75) is 38.7 Å². The molecule has 2 heterocycles. The number of hydrogen-bond donors (Lipinski definition) is 1. The van der Waals surface area contributed by atoms with Gasteiger partial charge >= 0.3 is 0 Å². The molecule has 2 unspecified atom stereocenters. The fraction of sp³-hybridized carbons (Fsp3) is 0.786. The summed E-state index contributed by atoms with van der Waals surface area (Å²) in [7, 11) is 2.02. The van der Waals surface area contributed by atoms with E-state index in [2.05, 4.69) is 11.2 Å². The van der Waals surface area contributed by atoms with Gasteiger partial charge in [-0.15, -0.1) is 0 Å². The third-order valence-corrected chi connectivity index (χ3v) is 4.59. The first kappa shape index (κ1) is 12.2. The summed E-state index contributed by atoms with van der Waals surface area (Å²) in [5.41, 5.74) is 8.63. The molecule has 1 saturated heterocycles. The molecule has 1 aliphatic heterocycles. The Kier molecular flexibility index (Phi) is 2.94. The molecule has 0 radical (unpaired) electrons. The second-order valence-corrected chi connectivity index (χ2v) is 6.02. The molecule has 0 bridgehead atoms. The molecular formula is C14H23N3O. The number of hydrogen-bond acceptors (Lipinski definition) is 3. The Balaban J connectivity index is 1.84. The number of aromatic nitrogens is 2. The van der Waals surface area contributed by atoms with Crippen molar-refractivity contribution < 1.29 is 4.74 Å². The summed E-state index contributed by atoms with van der Waals surface area (Å²) in [6, 6.07) is 2.18. The lowest BCUT2D eigenvalue weighted by Gasteiger charge is -2.33. The topological polar surface area (TPSA) is 53.1 Å². The van der Waals surface area contributed by atoms with Crippen molar-refractivity contribution in [3.63, 3.8) is 0 Å². The van der Waals surface area contributed by atoms with E-state index in [9.17, 15) is 0 Å². The highest BCUT2D eigenvalue weighted by Crippen LogP contribution is 2.48. The zero-order chi connectivity index (χ0) is 12.8. The van der Waals surface area contributed by atoms with Gasteiger partial charge in [-0.3, -0.25) is 4.68 Å². The second kappa shape index (κ2) is 4.35. The molecule has 3 rings (SSSR count). The van der Waals surface area contributed by atoms with E-state index >= 15 is 0 Å². The van der Waals surface area contributed by atoms with E-state index in [1.54, 1.807) is 0 Å². The minimum atomic E-state index is 0.140. The second-order valence-electron chi connectivity index (χ2n) is 6.02. The van der Waals surface area contributed by atoms with Gasteiger partial charge in [0.2, 0.25) is 0 Å². The largest absolute Gasteiger partial charge is 0.377 e. The van der Waals surface area contributed by atoms with E-state index in [4.69, 9.17) is 10.5 Å². The van der Waals surface area contributed by atoms with Crippen LogP contribution in [-0.2, 0) is 18.2 Å². The number of nitrogens with zero attached hydrogens (tertiary/aromatic N) is 2. The van der Waals surface area contributed by atoms with E-state index in [-0.39, 0.29) is 5.41 Å². The average Bonchev–Trinajstić information content (AvgIpc) is 3.02. The minimum Gasteiger partial charge on any atom is -0.377 e. The molecular weight excluding hydrogens is 226 g/mol. The summed E-state index contributed by atoms with van der Waals surface area (Å²) in [5.74, 6) is 0.755. The monoisotopic (exact) mass is 249 g/mol. The first-order valence-electron chi connectivity index (χ1n) is 6.96. The molecule has 2 atom stereocenters. The highest BCUT2D eigenvalue weighted by atomic mass is 16.5. The number of nitrogens with two attached hydrogens (primary N) is 1. The van der Waals surface area contributed by atoms with E-state index in [0.717, 1.165) is 37.6 Å². The molecule has 0 spiro atoms. The molecule has 1 aromatic rings. The zero-order valence-corrected chi connectivity index (χ0v) is 11.4. The van der Waals surface area contributed by atoms with Crippen LogP contribution in [0.25, 0.3) is 0 Å². The molecule has 1 saturated carbocycles. The van der Waals surface area contributed by atoms with Gasteiger partial charge in [-0.1, -0.05) is 0 Å². The van der Waals surface area contributed by atoms with Crippen LogP contribution in [0.3, 0.4) is 0 Å². The molecule has 2 N–H and O–H groups in total. The lowest BCUT2D eigenvalue weighted by atomic mass is 9.75. The minimum absolute atomic E-state index is 0.140. The van der Waals surface area contributed by atoms with Gasteiger partial charge < -0.3 is 10.5 Å². The van der Waals surface area contributed by atoms with Crippen LogP contribution in [0.1, 0.15) is 30.7 Å². The molecule has 1 aliphatic carbocycles. The number of rotatable bonds is 4. The molecule has 0 amide bonds. The Hall–Kier alpha value is -0.870. The maximum Gasteiger partial charge on any atom is 0.0676 e. The third-order valence-electron chi connectivity index (χ3n) is 4.59. The molecule has 18 heavy (non-hydrogen) atoms. The van der Waals surface area contributed by atoms with Crippen LogP contribution in [0.2, 0.25) is 0 Å². The Morgan fingerprint density at radius 1 is 1.56 bits per heavy atom. The first-order chi connectivity index (χ1) is 8.64. The van der Waals surface area contributed by atoms with Crippen LogP contribution in [0, 0.1) is 18.3 Å². The lowest BCUT2D eigenvalue weighted by molar-refractivity contribution is 0.0337. The Labute approximate surface area is 108 Å². The van der Waals surface area contributed by atoms with Gasteiger partial charge in [-0.2, -0.15) is 5.10 Å². The Morgan fingerprint density at radius 2 is 2.33 bits per heavy atom. The summed E-state index contributed by atoms with van der Waals surface area (Å²) in [4.78, 5) is 0. The van der Waals surface area contributed by atoms with Crippen LogP contribution >= 0.6 is 0 Å². The maximum absolute atomic E-state index is 6.12. The molecule has 2 aliphatic rings. The average molecular weight is 249 g/mol. The van der Waals surface area contributed by atoms with Gasteiger partial charge in [-0.05, 0) is 44.6 Å². The summed E-state index contributed by atoms with van der Waals surface area (Å²) in [6.45, 7) is 3.63. The quantitative estimate of drug-likeness (QED) is 0.878. The number of ether oxygens (including phenoxy) is 1. The first-order valence-corrected chi connectivity index (χ1v) is 6.96. The van der Waals surface area contributed by atoms with E-state index in [0.29, 0.717) is 6.10 Å². The van der Waals surface area contributed by atoms with Gasteiger partial charge in [0.05, 0.1) is 11.8 Å². The highest BCUT2D eigenvalue weighted by Gasteiger charge is 2.50. The normalized spacial score (nSPS) is 32.1. The lowest BCUT2D eigenvalue weighted by Crippen LogP contribution is -2.42. The summed E-state index contributed by atoms with van der Waals surface area (Å²) in [5, 5.41) is 4.44. The van der Waals surface area contributed by atoms with Gasteiger partial charge in [0.15, 0.2) is 0 Å². The standard InChI is InChI=1S/C14H23N3O/c1-10-7-12(17(2)16-10)8-14(9-15)5-6-18-13(14)11-3-4-11/h7,11,13H,3-6,8-9,15H2,1-2H3. The molecule has 0 aromatic carbocycles. The van der Waals surface area contributed by atoms with Crippen LogP contribution in [0.4, 0.5) is 0 Å². The van der Waals surface area contributed by atoms with Crippen molar-refractivity contribution in [1.82, 2.24) is 9.78 Å². The zero-order valence-electron chi connectivity index (χ0n) is 11.4.